The van der Waals surface area contributed by atoms with Gasteiger partial charge in [-0.3, -0.25) is 9.36 Å². The van der Waals surface area contributed by atoms with E-state index in [4.69, 9.17) is 45.4 Å². The molecule has 3 aliphatic carbocycles. The van der Waals surface area contributed by atoms with Crippen LogP contribution in [-0.4, -0.2) is 105 Å². The maximum Gasteiger partial charge on any atom is 0.330 e. The molecule has 0 N–H and O–H groups in total. The Kier molecular flexibility index (Phi) is 9.68. The molecule has 5 atom stereocenters. The van der Waals surface area contributed by atoms with Gasteiger partial charge in [-0.1, -0.05) is 18.2 Å². The van der Waals surface area contributed by atoms with Crippen molar-refractivity contribution in [2.75, 3.05) is 61.9 Å². The van der Waals surface area contributed by atoms with Gasteiger partial charge in [0, 0.05) is 57.6 Å². The summed E-state index contributed by atoms with van der Waals surface area (Å²) in [5, 5.41) is 0.140. The average molecular weight is 628 g/mol. The molecule has 2 bridgehead atoms. The number of benzene rings is 1. The highest BCUT2D eigenvalue weighted by molar-refractivity contribution is 7.80. The number of rotatable bonds is 9. The number of hydrogen-bond acceptors (Lipinski definition) is 11. The fraction of sp³-hybridized carbons (Fsp3) is 0.484. The van der Waals surface area contributed by atoms with Crippen LogP contribution in [0.5, 0.6) is 11.5 Å². The molecule has 1 saturated carbocycles. The molecular formula is C31H37N3O9S. The number of hydrogen-bond donors (Lipinski definition) is 0. The summed E-state index contributed by atoms with van der Waals surface area (Å²) >= 11 is 5.68. The van der Waals surface area contributed by atoms with E-state index < -0.39 is 41.5 Å². The summed E-state index contributed by atoms with van der Waals surface area (Å²) in [4.78, 5) is 32.8. The van der Waals surface area contributed by atoms with Crippen LogP contribution in [0, 0.1) is 17.8 Å². The van der Waals surface area contributed by atoms with Crippen LogP contribution in [0.3, 0.4) is 0 Å². The van der Waals surface area contributed by atoms with Crippen LogP contribution in [0.2, 0.25) is 0 Å². The van der Waals surface area contributed by atoms with Crippen molar-refractivity contribution in [2.24, 2.45) is 17.8 Å². The Labute approximate surface area is 261 Å². The number of thiocarbonyl (C=S) groups is 1. The minimum atomic E-state index is -1.47. The molecule has 4 aliphatic rings. The number of morpholine rings is 1. The molecule has 1 aromatic carbocycles. The highest BCUT2D eigenvalue weighted by atomic mass is 32.1. The van der Waals surface area contributed by atoms with E-state index in [-0.39, 0.29) is 11.1 Å². The normalized spacial score (nSPS) is 25.8. The highest BCUT2D eigenvalue weighted by Crippen LogP contribution is 2.60. The van der Waals surface area contributed by atoms with E-state index in [9.17, 15) is 9.59 Å². The van der Waals surface area contributed by atoms with E-state index in [1.165, 1.54) is 27.4 Å². The van der Waals surface area contributed by atoms with Crippen LogP contribution in [0.1, 0.15) is 11.5 Å². The van der Waals surface area contributed by atoms with Crippen molar-refractivity contribution in [3.8, 4) is 11.5 Å². The first-order valence-corrected chi connectivity index (χ1v) is 14.6. The lowest BCUT2D eigenvalue weighted by Gasteiger charge is -2.59. The largest absolute Gasteiger partial charge is 0.493 e. The number of methoxy groups -OCH3 is 5. The minimum Gasteiger partial charge on any atom is -0.493 e. The third kappa shape index (κ3) is 5.60. The molecule has 1 amide bonds. The van der Waals surface area contributed by atoms with Crippen molar-refractivity contribution in [2.45, 2.75) is 17.8 Å². The molecule has 13 heteroatoms. The fourth-order valence-corrected chi connectivity index (χ4v) is 6.94. The van der Waals surface area contributed by atoms with Gasteiger partial charge in [0.25, 0.3) is 5.17 Å². The standard InChI is InChI=1S/C31H37N3O9S/c1-37-22-8-6-19(17-23(22)38-2)25-21-16-20(7-9-24(35)39-3)27(26(25)29(36)33-12-14-42-15-13-33)31(40-4,41-5)28(21)43-30(44)34-11-10-32-18-34/h6-11,16-18,21,25-28H,12-15H2,1-5H3/b9-7+. The predicted molar refractivity (Wildman–Crippen MR) is 161 cm³/mol. The number of fused-ring (bicyclic) bond motifs is 2. The Morgan fingerprint density at radius 2 is 1.80 bits per heavy atom. The molecular weight excluding hydrogens is 590 g/mol. The van der Waals surface area contributed by atoms with Gasteiger partial charge < -0.3 is 38.1 Å². The molecule has 2 fully saturated rings. The van der Waals surface area contributed by atoms with Crippen molar-refractivity contribution >= 4 is 29.3 Å². The molecule has 6 rings (SSSR count). The first kappa shape index (κ1) is 31.6. The molecule has 12 nitrogen and oxygen atoms in total. The van der Waals surface area contributed by atoms with Crippen molar-refractivity contribution in [1.82, 2.24) is 14.5 Å². The van der Waals surface area contributed by atoms with Crippen LogP contribution in [0.25, 0.3) is 0 Å². The van der Waals surface area contributed by atoms with E-state index in [0.717, 1.165) is 5.56 Å². The second kappa shape index (κ2) is 13.5. The zero-order valence-corrected chi connectivity index (χ0v) is 26.2. The summed E-state index contributed by atoms with van der Waals surface area (Å²) < 4.78 is 42.2. The molecule has 1 aromatic heterocycles. The quantitative estimate of drug-likeness (QED) is 0.177. The van der Waals surface area contributed by atoms with Gasteiger partial charge in [0.2, 0.25) is 11.7 Å². The Bertz CT molecular complexity index is 1420. The van der Waals surface area contributed by atoms with Crippen molar-refractivity contribution in [3.63, 3.8) is 0 Å². The number of imidazole rings is 1. The Morgan fingerprint density at radius 1 is 1.07 bits per heavy atom. The Morgan fingerprint density at radius 3 is 2.41 bits per heavy atom. The third-order valence-corrected chi connectivity index (χ3v) is 8.99. The van der Waals surface area contributed by atoms with Crippen molar-refractivity contribution < 1.29 is 42.7 Å². The van der Waals surface area contributed by atoms with Crippen LogP contribution in [0.4, 0.5) is 0 Å². The molecule has 5 unspecified atom stereocenters. The molecule has 2 aromatic rings. The van der Waals surface area contributed by atoms with Gasteiger partial charge >= 0.3 is 5.97 Å². The summed E-state index contributed by atoms with van der Waals surface area (Å²) in [6.45, 7) is 1.76. The van der Waals surface area contributed by atoms with Crippen LogP contribution >= 0.6 is 12.2 Å². The highest BCUT2D eigenvalue weighted by Gasteiger charge is 2.67. The first-order chi connectivity index (χ1) is 21.3. The number of carbonyl (C=O) groups is 2. The van der Waals surface area contributed by atoms with E-state index in [0.29, 0.717) is 43.4 Å². The zero-order valence-electron chi connectivity index (χ0n) is 25.3. The van der Waals surface area contributed by atoms with E-state index in [1.54, 1.807) is 43.6 Å². The molecule has 44 heavy (non-hydrogen) atoms. The number of amides is 1. The lowest BCUT2D eigenvalue weighted by molar-refractivity contribution is -0.313. The molecule has 1 saturated heterocycles. The van der Waals surface area contributed by atoms with Crippen LogP contribution in [0.15, 0.2) is 60.7 Å². The lowest BCUT2D eigenvalue weighted by atomic mass is 9.53. The monoisotopic (exact) mass is 627 g/mol. The lowest BCUT2D eigenvalue weighted by Crippen LogP contribution is -2.69. The minimum absolute atomic E-state index is 0.0886. The van der Waals surface area contributed by atoms with E-state index in [1.807, 2.05) is 29.2 Å². The number of allylic oxidation sites excluding steroid dienone is 1. The predicted octanol–water partition coefficient (Wildman–Crippen LogP) is 2.58. The maximum atomic E-state index is 14.7. The number of nitrogens with zero attached hydrogens (tertiary/aromatic N) is 3. The zero-order chi connectivity index (χ0) is 31.4. The van der Waals surface area contributed by atoms with E-state index in [2.05, 4.69) is 4.98 Å². The number of esters is 1. The molecule has 2 heterocycles. The molecule has 0 spiro atoms. The summed E-state index contributed by atoms with van der Waals surface area (Å²) in [5.74, 6) is -3.39. The average Bonchev–Trinajstić information content (AvgIpc) is 3.62. The molecule has 236 valence electrons. The van der Waals surface area contributed by atoms with Gasteiger partial charge in [0.1, 0.15) is 6.33 Å². The summed E-state index contributed by atoms with van der Waals surface area (Å²) in [5.41, 5.74) is 1.51. The van der Waals surface area contributed by atoms with Crippen LogP contribution < -0.4 is 9.47 Å². The van der Waals surface area contributed by atoms with Gasteiger partial charge in [0.15, 0.2) is 17.6 Å². The van der Waals surface area contributed by atoms with Gasteiger partial charge in [-0.2, -0.15) is 0 Å². The number of ether oxygens (including phenoxy) is 7. The third-order valence-electron chi connectivity index (χ3n) is 8.68. The number of carbonyl (C=O) groups excluding carboxylic acids is 2. The summed E-state index contributed by atoms with van der Waals surface area (Å²) in [6.07, 6.45) is 9.01. The molecule has 0 radical (unpaired) electrons. The summed E-state index contributed by atoms with van der Waals surface area (Å²) in [7, 11) is 7.48. The molecule has 1 aliphatic heterocycles. The summed E-state index contributed by atoms with van der Waals surface area (Å²) in [6, 6.07) is 5.63. The topological polar surface area (TPSA) is 120 Å². The Balaban J connectivity index is 1.72. The number of aromatic nitrogens is 2. The van der Waals surface area contributed by atoms with Crippen molar-refractivity contribution in [1.29, 1.82) is 0 Å². The van der Waals surface area contributed by atoms with Gasteiger partial charge in [-0.05, 0) is 35.5 Å². The maximum absolute atomic E-state index is 14.7. The van der Waals surface area contributed by atoms with Gasteiger partial charge in [-0.15, -0.1) is 0 Å². The first-order valence-electron chi connectivity index (χ1n) is 14.2. The SMILES string of the molecule is COC(=O)/C=C/C1=CC2C(c3ccc(OC)c(OC)c3)C(C(=O)N3CCOCC3)C1C(OC)(OC)C2OC(=S)n1ccnc1. The van der Waals surface area contributed by atoms with Crippen molar-refractivity contribution in [3.05, 3.63) is 66.3 Å². The Hall–Kier alpha value is -3.78. The second-order valence-corrected chi connectivity index (χ2v) is 10.9. The fourth-order valence-electron chi connectivity index (χ4n) is 6.73. The van der Waals surface area contributed by atoms with Gasteiger partial charge in [-0.25, -0.2) is 9.78 Å². The van der Waals surface area contributed by atoms with E-state index >= 15 is 0 Å². The second-order valence-electron chi connectivity index (χ2n) is 10.6. The van der Waals surface area contributed by atoms with Crippen LogP contribution in [-0.2, 0) is 33.3 Å². The van der Waals surface area contributed by atoms with Gasteiger partial charge in [0.05, 0.1) is 46.4 Å². The smallest absolute Gasteiger partial charge is 0.330 e.